The van der Waals surface area contributed by atoms with E-state index in [0.29, 0.717) is 23.4 Å². The molecule has 2 atom stereocenters. The van der Waals surface area contributed by atoms with E-state index in [1.165, 1.54) is 0 Å². The summed E-state index contributed by atoms with van der Waals surface area (Å²) in [7, 11) is 1.70. The molecule has 4 aromatic rings. The number of nitrogens with zero attached hydrogens (tertiary/aromatic N) is 6. The molecule has 1 fully saturated rings. The lowest BCUT2D eigenvalue weighted by Crippen LogP contribution is -2.50. The number of aromatic nitrogens is 5. The molecule has 2 aromatic carbocycles. The molecule has 7 nitrogen and oxygen atoms in total. The number of rotatable bonds is 3. The Morgan fingerprint density at radius 2 is 1.74 bits per heavy atom. The third kappa shape index (κ3) is 3.35. The van der Waals surface area contributed by atoms with E-state index < -0.39 is 17.5 Å². The van der Waals surface area contributed by atoms with Crippen molar-refractivity contribution < 1.29 is 18.0 Å². The van der Waals surface area contributed by atoms with Gasteiger partial charge in [-0.25, -0.2) is 13.2 Å². The molecule has 0 aliphatic carbocycles. The van der Waals surface area contributed by atoms with E-state index in [1.807, 2.05) is 23.1 Å². The fourth-order valence-electron chi connectivity index (χ4n) is 5.55. The van der Waals surface area contributed by atoms with Crippen molar-refractivity contribution in [1.29, 1.82) is 0 Å². The smallest absolute Gasteiger partial charge is 0.256 e. The van der Waals surface area contributed by atoms with Gasteiger partial charge in [-0.1, -0.05) is 12.1 Å². The maximum atomic E-state index is 14.0. The van der Waals surface area contributed by atoms with Gasteiger partial charge >= 0.3 is 0 Å². The van der Waals surface area contributed by atoms with Crippen LogP contribution in [0.1, 0.15) is 46.9 Å². The summed E-state index contributed by atoms with van der Waals surface area (Å²) < 4.78 is 44.9. The highest BCUT2D eigenvalue weighted by Gasteiger charge is 2.44. The van der Waals surface area contributed by atoms with Crippen molar-refractivity contribution in [1.82, 2.24) is 29.4 Å². The Balaban J connectivity index is 1.44. The van der Waals surface area contributed by atoms with Crippen LogP contribution in [0.25, 0.3) is 16.9 Å². The van der Waals surface area contributed by atoms with Crippen LogP contribution in [0.3, 0.4) is 0 Å². The lowest BCUT2D eigenvalue weighted by atomic mass is 9.81. The number of carbonyl (C=O) groups is 1. The highest BCUT2D eigenvalue weighted by Crippen LogP contribution is 2.45. The number of piperidine rings is 1. The quantitative estimate of drug-likeness (QED) is 0.410. The number of hydrogen-bond acceptors (Lipinski definition) is 4. The molecule has 2 aromatic heterocycles. The summed E-state index contributed by atoms with van der Waals surface area (Å²) in [6.07, 6.45) is 6.07. The van der Waals surface area contributed by atoms with Gasteiger partial charge in [0.05, 0.1) is 28.7 Å². The maximum Gasteiger partial charge on any atom is 0.256 e. The van der Waals surface area contributed by atoms with Crippen molar-refractivity contribution in [3.63, 3.8) is 0 Å². The molecular formula is C25H21F3N6O. The molecule has 1 amide bonds. The molecule has 0 unspecified atom stereocenters. The Hall–Kier alpha value is -3.95. The van der Waals surface area contributed by atoms with Gasteiger partial charge in [-0.15, -0.1) is 10.2 Å². The van der Waals surface area contributed by atoms with E-state index in [0.717, 1.165) is 42.7 Å². The number of benzene rings is 2. The Bertz CT molecular complexity index is 1420. The molecule has 0 spiro atoms. The van der Waals surface area contributed by atoms with Gasteiger partial charge in [0.1, 0.15) is 12.7 Å². The number of hydrogen-bond donors (Lipinski definition) is 0. The zero-order chi connectivity index (χ0) is 24.3. The third-order valence-electron chi connectivity index (χ3n) is 7.00. The highest BCUT2D eigenvalue weighted by molar-refractivity contribution is 5.98. The van der Waals surface area contributed by atoms with E-state index in [-0.39, 0.29) is 23.6 Å². The normalized spacial score (nSPS) is 19.0. The van der Waals surface area contributed by atoms with E-state index in [1.54, 1.807) is 35.0 Å². The van der Waals surface area contributed by atoms with Crippen LogP contribution in [0.2, 0.25) is 0 Å². The highest BCUT2D eigenvalue weighted by atomic mass is 19.2. The predicted molar refractivity (Wildman–Crippen MR) is 120 cm³/mol. The number of halogens is 3. The van der Waals surface area contributed by atoms with Crippen LogP contribution >= 0.6 is 0 Å². The van der Waals surface area contributed by atoms with Crippen LogP contribution in [0.4, 0.5) is 13.2 Å². The molecule has 0 N–H and O–H groups in total. The van der Waals surface area contributed by atoms with Crippen LogP contribution in [0.5, 0.6) is 0 Å². The summed E-state index contributed by atoms with van der Waals surface area (Å²) in [6.45, 7) is 0. The van der Waals surface area contributed by atoms with Crippen LogP contribution < -0.4 is 0 Å². The monoisotopic (exact) mass is 478 g/mol. The molecule has 2 aliphatic rings. The Morgan fingerprint density at radius 3 is 2.49 bits per heavy atom. The van der Waals surface area contributed by atoms with Crippen molar-refractivity contribution in [2.24, 2.45) is 7.05 Å². The molecule has 4 heterocycles. The van der Waals surface area contributed by atoms with Crippen LogP contribution in [-0.4, -0.2) is 41.4 Å². The second-order valence-corrected chi connectivity index (χ2v) is 8.99. The third-order valence-corrected chi connectivity index (χ3v) is 7.00. The SMILES string of the molecule is Cn1nc2c(c1-c1cc(F)c(F)c(F)c1)C[C@H]1CCC[C@@H]2N1C(=O)c1ccccc1-n1cnnc1. The van der Waals surface area contributed by atoms with Crippen LogP contribution in [0.15, 0.2) is 49.1 Å². The second-order valence-electron chi connectivity index (χ2n) is 8.99. The van der Waals surface area contributed by atoms with Gasteiger partial charge in [0.25, 0.3) is 5.91 Å². The summed E-state index contributed by atoms with van der Waals surface area (Å²) in [5, 5.41) is 12.4. The zero-order valence-corrected chi connectivity index (χ0v) is 18.8. The summed E-state index contributed by atoms with van der Waals surface area (Å²) in [6, 6.07) is 8.94. The first kappa shape index (κ1) is 21.6. The van der Waals surface area contributed by atoms with E-state index >= 15 is 0 Å². The summed E-state index contributed by atoms with van der Waals surface area (Å²) in [4.78, 5) is 15.8. The van der Waals surface area contributed by atoms with Gasteiger partial charge in [0.15, 0.2) is 17.5 Å². The van der Waals surface area contributed by atoms with Gasteiger partial charge in [-0.05, 0) is 49.9 Å². The topological polar surface area (TPSA) is 68.8 Å². The van der Waals surface area contributed by atoms with Gasteiger partial charge < -0.3 is 4.90 Å². The second kappa shape index (κ2) is 8.07. The minimum atomic E-state index is -1.50. The molecule has 2 bridgehead atoms. The van der Waals surface area contributed by atoms with Crippen molar-refractivity contribution >= 4 is 5.91 Å². The first-order valence-corrected chi connectivity index (χ1v) is 11.4. The first-order valence-electron chi connectivity index (χ1n) is 11.4. The van der Waals surface area contributed by atoms with Crippen molar-refractivity contribution in [2.45, 2.75) is 37.8 Å². The minimum absolute atomic E-state index is 0.0965. The van der Waals surface area contributed by atoms with Crippen molar-refractivity contribution in [3.8, 4) is 16.9 Å². The molecule has 1 saturated heterocycles. The van der Waals surface area contributed by atoms with Gasteiger partial charge in [-0.3, -0.25) is 14.0 Å². The molecule has 0 saturated carbocycles. The molecule has 6 rings (SSSR count). The zero-order valence-electron chi connectivity index (χ0n) is 18.8. The Kier molecular flexibility index (Phi) is 4.98. The van der Waals surface area contributed by atoms with Gasteiger partial charge in [0.2, 0.25) is 0 Å². The average Bonchev–Trinajstić information content (AvgIpc) is 3.49. The molecule has 35 heavy (non-hydrogen) atoms. The molecular weight excluding hydrogens is 457 g/mol. The van der Waals surface area contributed by atoms with E-state index in [4.69, 9.17) is 0 Å². The molecule has 2 aliphatic heterocycles. The molecule has 0 radical (unpaired) electrons. The standard InChI is InChI=1S/C25H21F3N6O/c1-32-24(14-9-18(26)22(28)19(27)10-14)17-11-15-5-4-8-21(23(17)31-32)34(15)25(35)16-6-2-3-7-20(16)33-12-29-30-13-33/h2-3,6-7,9-10,12-13,15,21H,4-5,8,11H2,1H3/t15-,21+/m1/s1. The summed E-state index contributed by atoms with van der Waals surface area (Å²) in [5.41, 5.74) is 3.57. The van der Waals surface area contributed by atoms with Crippen LogP contribution in [0, 0.1) is 17.5 Å². The summed E-state index contributed by atoms with van der Waals surface area (Å²) in [5.74, 6) is -4.09. The molecule has 178 valence electrons. The predicted octanol–water partition coefficient (Wildman–Crippen LogP) is 4.38. The number of amides is 1. The Labute approximate surface area is 198 Å². The number of para-hydroxylation sites is 1. The fourth-order valence-corrected chi connectivity index (χ4v) is 5.55. The number of carbonyl (C=O) groups excluding carboxylic acids is 1. The lowest BCUT2D eigenvalue weighted by Gasteiger charge is -2.45. The van der Waals surface area contributed by atoms with E-state index in [9.17, 15) is 18.0 Å². The minimum Gasteiger partial charge on any atom is -0.327 e. The summed E-state index contributed by atoms with van der Waals surface area (Å²) >= 11 is 0. The average molecular weight is 478 g/mol. The number of aryl methyl sites for hydroxylation is 1. The Morgan fingerprint density at radius 1 is 1.03 bits per heavy atom. The van der Waals surface area contributed by atoms with Gasteiger partial charge in [0, 0.05) is 24.2 Å². The lowest BCUT2D eigenvalue weighted by molar-refractivity contribution is 0.0392. The van der Waals surface area contributed by atoms with E-state index in [2.05, 4.69) is 15.3 Å². The maximum absolute atomic E-state index is 14.0. The largest absolute Gasteiger partial charge is 0.327 e. The van der Waals surface area contributed by atoms with Crippen molar-refractivity contribution in [3.05, 3.63) is 83.3 Å². The number of fused-ring (bicyclic) bond motifs is 4. The fraction of sp³-hybridized carbons (Fsp3) is 0.280. The van der Waals surface area contributed by atoms with Crippen molar-refractivity contribution in [2.75, 3.05) is 0 Å². The van der Waals surface area contributed by atoms with Gasteiger partial charge in [-0.2, -0.15) is 5.10 Å². The van der Waals surface area contributed by atoms with Crippen LogP contribution in [-0.2, 0) is 13.5 Å². The first-order chi connectivity index (χ1) is 16.9. The molecule has 10 heteroatoms.